The van der Waals surface area contributed by atoms with Gasteiger partial charge in [0.2, 0.25) is 5.91 Å². The fourth-order valence-corrected chi connectivity index (χ4v) is 5.09. The summed E-state index contributed by atoms with van der Waals surface area (Å²) in [6.45, 7) is 1.59. The van der Waals surface area contributed by atoms with Gasteiger partial charge < -0.3 is 19.9 Å². The summed E-state index contributed by atoms with van der Waals surface area (Å²) in [6.07, 6.45) is 5.72. The molecule has 2 N–H and O–H groups in total. The lowest BCUT2D eigenvalue weighted by atomic mass is 9.90. The number of aromatic nitrogens is 1. The van der Waals surface area contributed by atoms with Crippen LogP contribution in [-0.2, 0) is 17.8 Å². The normalized spacial score (nSPS) is 16.7. The number of hydrogen-bond donors (Lipinski definition) is 2. The highest BCUT2D eigenvalue weighted by Gasteiger charge is 2.35. The zero-order valence-corrected chi connectivity index (χ0v) is 21.6. The molecule has 0 radical (unpaired) electrons. The molecule has 198 valence electrons. The Labute approximate surface area is 223 Å². The number of carbonyl (C=O) groups excluding carboxylic acids is 2. The molecule has 2 amide bonds. The summed E-state index contributed by atoms with van der Waals surface area (Å²) in [6, 6.07) is 20.8. The van der Waals surface area contributed by atoms with Crippen LogP contribution in [0.3, 0.4) is 0 Å². The van der Waals surface area contributed by atoms with E-state index in [-0.39, 0.29) is 23.9 Å². The first-order chi connectivity index (χ1) is 18.4. The molecule has 1 saturated heterocycles. The maximum atomic E-state index is 13.2. The van der Waals surface area contributed by atoms with E-state index in [4.69, 9.17) is 0 Å². The van der Waals surface area contributed by atoms with Crippen LogP contribution in [0.4, 0.5) is 0 Å². The molecule has 0 spiro atoms. The lowest BCUT2D eigenvalue weighted by Crippen LogP contribution is -2.49. The molecule has 1 saturated carbocycles. The molecule has 1 aliphatic carbocycles. The number of benzene rings is 2. The number of likely N-dealkylation sites (tertiary alicyclic amines) is 1. The average molecular weight is 514 g/mol. The van der Waals surface area contributed by atoms with Gasteiger partial charge in [-0.1, -0.05) is 60.7 Å². The van der Waals surface area contributed by atoms with Crippen molar-refractivity contribution in [3.8, 4) is 11.1 Å². The van der Waals surface area contributed by atoms with Gasteiger partial charge in [-0.15, -0.1) is 0 Å². The molecule has 38 heavy (non-hydrogen) atoms. The molecule has 2 heterocycles. The van der Waals surface area contributed by atoms with Crippen molar-refractivity contribution in [1.82, 2.24) is 14.8 Å². The molecule has 7 heteroatoms. The van der Waals surface area contributed by atoms with Gasteiger partial charge in [0.25, 0.3) is 11.5 Å². The van der Waals surface area contributed by atoms with E-state index in [1.54, 1.807) is 11.1 Å². The summed E-state index contributed by atoms with van der Waals surface area (Å²) in [7, 11) is 0. The van der Waals surface area contributed by atoms with Crippen LogP contribution in [0.25, 0.3) is 11.1 Å². The molecule has 7 nitrogen and oxygen atoms in total. The van der Waals surface area contributed by atoms with Crippen LogP contribution >= 0.6 is 0 Å². The van der Waals surface area contributed by atoms with Crippen molar-refractivity contribution >= 4 is 11.8 Å². The maximum absolute atomic E-state index is 13.2. The topological polar surface area (TPSA) is 91.6 Å². The van der Waals surface area contributed by atoms with Crippen LogP contribution in [0, 0.1) is 5.92 Å². The van der Waals surface area contributed by atoms with E-state index in [1.807, 2.05) is 60.7 Å². The van der Waals surface area contributed by atoms with Crippen LogP contribution < -0.4 is 10.9 Å². The number of rotatable bonds is 9. The van der Waals surface area contributed by atoms with E-state index in [0.29, 0.717) is 62.4 Å². The summed E-state index contributed by atoms with van der Waals surface area (Å²) >= 11 is 0. The summed E-state index contributed by atoms with van der Waals surface area (Å²) in [5, 5.41) is 14.4. The minimum atomic E-state index is -1.13. The minimum Gasteiger partial charge on any atom is -0.388 e. The van der Waals surface area contributed by atoms with Crippen molar-refractivity contribution < 1.29 is 14.7 Å². The molecule has 0 bridgehead atoms. The number of amides is 2. The minimum absolute atomic E-state index is 0.0786. The van der Waals surface area contributed by atoms with Crippen molar-refractivity contribution in [2.75, 3.05) is 19.6 Å². The van der Waals surface area contributed by atoms with Crippen LogP contribution in [-0.4, -0.2) is 51.6 Å². The zero-order valence-electron chi connectivity index (χ0n) is 21.6. The molecule has 1 aliphatic heterocycles. The maximum Gasteiger partial charge on any atom is 0.253 e. The summed E-state index contributed by atoms with van der Waals surface area (Å²) < 4.78 is 1.45. The zero-order chi connectivity index (χ0) is 26.5. The van der Waals surface area contributed by atoms with Crippen LogP contribution in [0.2, 0.25) is 0 Å². The number of aliphatic hydroxyl groups is 1. The van der Waals surface area contributed by atoms with Crippen LogP contribution in [0.5, 0.6) is 0 Å². The second kappa shape index (κ2) is 11.4. The fourth-order valence-electron chi connectivity index (χ4n) is 5.09. The highest BCUT2D eigenvalue weighted by atomic mass is 16.3. The number of pyridine rings is 1. The Hall–Kier alpha value is -3.71. The Balaban J connectivity index is 1.27. The van der Waals surface area contributed by atoms with Crippen LogP contribution in [0.15, 0.2) is 77.7 Å². The summed E-state index contributed by atoms with van der Waals surface area (Å²) in [5.74, 6) is 0.400. The lowest BCUT2D eigenvalue weighted by molar-refractivity contribution is -0.135. The summed E-state index contributed by atoms with van der Waals surface area (Å²) in [5.41, 5.74) is 1.55. The van der Waals surface area contributed by atoms with E-state index in [0.717, 1.165) is 24.0 Å². The molecule has 2 fully saturated rings. The van der Waals surface area contributed by atoms with Gasteiger partial charge in [0.15, 0.2) is 0 Å². The highest BCUT2D eigenvalue weighted by molar-refractivity contribution is 6.00. The number of hydrogen-bond acceptors (Lipinski definition) is 4. The second-order valence-corrected chi connectivity index (χ2v) is 10.7. The Kier molecular flexibility index (Phi) is 7.74. The van der Waals surface area contributed by atoms with Gasteiger partial charge in [-0.3, -0.25) is 14.4 Å². The highest BCUT2D eigenvalue weighted by Crippen LogP contribution is 2.29. The van der Waals surface area contributed by atoms with Crippen LogP contribution in [0.1, 0.15) is 48.0 Å². The Bertz CT molecular complexity index is 1320. The van der Waals surface area contributed by atoms with Gasteiger partial charge in [0.1, 0.15) is 0 Å². The van der Waals surface area contributed by atoms with Gasteiger partial charge in [-0.05, 0) is 49.1 Å². The number of aryl methyl sites for hydroxylation is 1. The standard InChI is InChI=1S/C31H35N3O4/c35-28(14-13-23-7-3-1-4-8-23)33-17-15-31(38,16-18-33)22-34-21-27(30(37)32-20-24-11-12-24)26(19-29(34)36)25-9-5-2-6-10-25/h1-10,19,21,24,38H,11-18,20,22H2,(H,32,37). The van der Waals surface area contributed by atoms with E-state index in [2.05, 4.69) is 5.32 Å². The third-order valence-electron chi connectivity index (χ3n) is 7.69. The Morgan fingerprint density at radius 2 is 1.63 bits per heavy atom. The van der Waals surface area contributed by atoms with Crippen molar-refractivity contribution in [3.63, 3.8) is 0 Å². The van der Waals surface area contributed by atoms with Crippen molar-refractivity contribution in [2.24, 2.45) is 5.92 Å². The quantitative estimate of drug-likeness (QED) is 0.457. The predicted octanol–water partition coefficient (Wildman–Crippen LogP) is 3.64. The smallest absolute Gasteiger partial charge is 0.253 e. The van der Waals surface area contributed by atoms with Crippen molar-refractivity contribution in [1.29, 1.82) is 0 Å². The molecule has 2 aromatic carbocycles. The Morgan fingerprint density at radius 3 is 2.29 bits per heavy atom. The van der Waals surface area contributed by atoms with E-state index >= 15 is 0 Å². The van der Waals surface area contributed by atoms with Gasteiger partial charge >= 0.3 is 0 Å². The van der Waals surface area contributed by atoms with Gasteiger partial charge in [0, 0.05) is 43.9 Å². The Morgan fingerprint density at radius 1 is 0.974 bits per heavy atom. The van der Waals surface area contributed by atoms with Gasteiger partial charge in [-0.25, -0.2) is 0 Å². The van der Waals surface area contributed by atoms with Crippen molar-refractivity contribution in [2.45, 2.75) is 50.7 Å². The molecule has 5 rings (SSSR count). The van der Waals surface area contributed by atoms with Gasteiger partial charge in [0.05, 0.1) is 17.7 Å². The molecular weight excluding hydrogens is 478 g/mol. The predicted molar refractivity (Wildman–Crippen MR) is 147 cm³/mol. The number of carbonyl (C=O) groups is 2. The average Bonchev–Trinajstić information content (AvgIpc) is 3.77. The largest absolute Gasteiger partial charge is 0.388 e. The SMILES string of the molecule is O=C(NCC1CC1)c1cn(CC2(O)CCN(C(=O)CCc3ccccc3)CC2)c(=O)cc1-c1ccccc1. The lowest BCUT2D eigenvalue weighted by Gasteiger charge is -2.38. The molecular formula is C31H35N3O4. The second-order valence-electron chi connectivity index (χ2n) is 10.7. The third kappa shape index (κ3) is 6.40. The number of piperidine rings is 1. The first-order valence-corrected chi connectivity index (χ1v) is 13.5. The van der Waals surface area contributed by atoms with E-state index in [1.165, 1.54) is 10.6 Å². The molecule has 3 aromatic rings. The first-order valence-electron chi connectivity index (χ1n) is 13.5. The first kappa shape index (κ1) is 25.9. The van der Waals surface area contributed by atoms with E-state index in [9.17, 15) is 19.5 Å². The number of nitrogens with one attached hydrogen (secondary N) is 1. The fraction of sp³-hybridized carbons (Fsp3) is 0.387. The van der Waals surface area contributed by atoms with Gasteiger partial charge in [-0.2, -0.15) is 0 Å². The molecule has 0 atom stereocenters. The summed E-state index contributed by atoms with van der Waals surface area (Å²) in [4.78, 5) is 40.8. The van der Waals surface area contributed by atoms with Crippen molar-refractivity contribution in [3.05, 3.63) is 94.4 Å². The molecule has 1 aromatic heterocycles. The number of nitrogens with zero attached hydrogens (tertiary/aromatic N) is 2. The third-order valence-corrected chi connectivity index (χ3v) is 7.69. The van der Waals surface area contributed by atoms with E-state index < -0.39 is 5.60 Å². The molecule has 2 aliphatic rings. The monoisotopic (exact) mass is 513 g/mol. The molecule has 0 unspecified atom stereocenters.